The summed E-state index contributed by atoms with van der Waals surface area (Å²) in [6.45, 7) is 0.145. The normalized spacial score (nSPS) is 23.1. The maximum atomic E-state index is 2.70. The van der Waals surface area contributed by atoms with Crippen molar-refractivity contribution in [2.75, 3.05) is 9.80 Å². The molecule has 1 aromatic heterocycles. The Morgan fingerprint density at radius 1 is 0.419 bits per heavy atom. The summed E-state index contributed by atoms with van der Waals surface area (Å²) >= 11 is 0. The molecule has 4 heterocycles. The second-order valence-electron chi connectivity index (χ2n) is 19.3. The number of para-hydroxylation sites is 5. The first-order valence-corrected chi connectivity index (χ1v) is 23.0. The molecule has 3 nitrogen and oxygen atoms in total. The summed E-state index contributed by atoms with van der Waals surface area (Å²) in [4.78, 5) is 5.26. The summed E-state index contributed by atoms with van der Waals surface area (Å²) in [5.74, 6) is 3.25. The van der Waals surface area contributed by atoms with Gasteiger partial charge in [0.1, 0.15) is 0 Å². The number of aromatic nitrogens is 1. The van der Waals surface area contributed by atoms with Crippen LogP contribution in [-0.4, -0.2) is 11.3 Å². The second kappa shape index (κ2) is 12.2. The van der Waals surface area contributed by atoms with Crippen LogP contribution < -0.4 is 26.2 Å². The van der Waals surface area contributed by atoms with Crippen molar-refractivity contribution in [1.82, 2.24) is 4.57 Å². The zero-order chi connectivity index (χ0) is 40.3. The van der Waals surface area contributed by atoms with Crippen LogP contribution >= 0.6 is 0 Å². The lowest BCUT2D eigenvalue weighted by Gasteiger charge is -2.64. The predicted molar refractivity (Wildman–Crippen MR) is 258 cm³/mol. The Balaban J connectivity index is 0.914. The lowest BCUT2D eigenvalue weighted by molar-refractivity contribution is -0.0419. The van der Waals surface area contributed by atoms with E-state index >= 15 is 0 Å². The fourth-order valence-corrected chi connectivity index (χ4v) is 14.6. The highest BCUT2D eigenvalue weighted by molar-refractivity contribution is 7.00. The van der Waals surface area contributed by atoms with Gasteiger partial charge in [0.25, 0.3) is 6.71 Å². The minimum atomic E-state index is 0.0844. The number of hydrogen-bond acceptors (Lipinski definition) is 2. The molecule has 4 saturated carbocycles. The molecular formula is C58H44BN3. The number of benzene rings is 8. The van der Waals surface area contributed by atoms with Crippen LogP contribution in [0.5, 0.6) is 0 Å². The van der Waals surface area contributed by atoms with Crippen LogP contribution in [0.15, 0.2) is 182 Å². The van der Waals surface area contributed by atoms with Crippen molar-refractivity contribution in [3.63, 3.8) is 0 Å². The SMILES string of the molecule is c1ccc(-n2c3ccccc3c3cc(-c4cccc(N5c6ccccc6B6c7cccc8c7N(c7ccccc7C87C8CC9CC(C8)CC7C9)c7cccc5c76)c4)ccc32)cc1. The molecule has 0 unspecified atom stereocenters. The van der Waals surface area contributed by atoms with Gasteiger partial charge < -0.3 is 14.4 Å². The van der Waals surface area contributed by atoms with E-state index in [1.54, 1.807) is 11.1 Å². The molecule has 7 aliphatic rings. The number of anilines is 6. The van der Waals surface area contributed by atoms with Crippen molar-refractivity contribution in [3.8, 4) is 16.8 Å². The maximum Gasteiger partial charge on any atom is 0.252 e. The summed E-state index contributed by atoms with van der Waals surface area (Å²) < 4.78 is 2.40. The summed E-state index contributed by atoms with van der Waals surface area (Å²) in [5.41, 5.74) is 21.5. The second-order valence-corrected chi connectivity index (χ2v) is 19.3. The Morgan fingerprint density at radius 3 is 1.89 bits per heavy atom. The van der Waals surface area contributed by atoms with Crippen LogP contribution in [0.2, 0.25) is 0 Å². The quantitative estimate of drug-likeness (QED) is 0.165. The van der Waals surface area contributed by atoms with Crippen molar-refractivity contribution >= 4 is 79.0 Å². The molecule has 0 saturated heterocycles. The molecular weight excluding hydrogens is 749 g/mol. The molecule has 9 aromatic rings. The highest BCUT2D eigenvalue weighted by Gasteiger charge is 2.62. The molecule has 4 heteroatoms. The van der Waals surface area contributed by atoms with E-state index in [4.69, 9.17) is 0 Å². The van der Waals surface area contributed by atoms with Crippen molar-refractivity contribution in [2.24, 2.45) is 23.7 Å². The molecule has 16 rings (SSSR count). The zero-order valence-corrected chi connectivity index (χ0v) is 34.6. The van der Waals surface area contributed by atoms with Crippen molar-refractivity contribution in [3.05, 3.63) is 193 Å². The molecule has 0 N–H and O–H groups in total. The third kappa shape index (κ3) is 4.23. The monoisotopic (exact) mass is 793 g/mol. The van der Waals surface area contributed by atoms with Gasteiger partial charge in [-0.05, 0) is 161 Å². The Labute approximate surface area is 363 Å². The number of rotatable bonds is 3. The maximum absolute atomic E-state index is 2.70. The van der Waals surface area contributed by atoms with E-state index < -0.39 is 0 Å². The Bertz CT molecular complexity index is 3330. The van der Waals surface area contributed by atoms with Gasteiger partial charge in [-0.2, -0.15) is 0 Å². The third-order valence-corrected chi connectivity index (χ3v) is 16.5. The molecule has 3 aliphatic heterocycles. The van der Waals surface area contributed by atoms with Crippen LogP contribution in [0.1, 0.15) is 43.2 Å². The van der Waals surface area contributed by atoms with Gasteiger partial charge in [0.05, 0.1) is 16.7 Å². The molecule has 4 aliphatic carbocycles. The van der Waals surface area contributed by atoms with E-state index in [0.717, 1.165) is 11.8 Å². The first-order valence-electron chi connectivity index (χ1n) is 23.0. The first kappa shape index (κ1) is 33.9. The molecule has 0 amide bonds. The largest absolute Gasteiger partial charge is 0.311 e. The van der Waals surface area contributed by atoms with Gasteiger partial charge in [-0.3, -0.25) is 0 Å². The van der Waals surface area contributed by atoms with E-state index in [9.17, 15) is 0 Å². The first-order chi connectivity index (χ1) is 30.7. The van der Waals surface area contributed by atoms with Crippen LogP contribution in [0, 0.1) is 23.7 Å². The van der Waals surface area contributed by atoms with Crippen LogP contribution in [0.25, 0.3) is 38.6 Å². The predicted octanol–water partition coefficient (Wildman–Crippen LogP) is 12.6. The number of hydrogen-bond donors (Lipinski definition) is 0. The molecule has 4 fully saturated rings. The Morgan fingerprint density at radius 2 is 1.03 bits per heavy atom. The van der Waals surface area contributed by atoms with Gasteiger partial charge in [-0.1, -0.05) is 115 Å². The standard InChI is InChI=1S/C58H44BN3/c1-2-14-42(15-3-1)60-50-22-7-4-17-44(50)45-35-39(27-28-51(45)60)38-13-10-16-43(34-38)61-53-24-9-6-20-48(53)59-49-21-11-19-47-57(49)62(55-26-12-25-54(61)56(55)59)52-23-8-5-18-46(52)58(47)40-30-36-29-37(32-40)33-41(58)31-36/h1-28,34-37,40-41H,29-33H2. The lowest BCUT2D eigenvalue weighted by Crippen LogP contribution is -2.64. The molecule has 62 heavy (non-hydrogen) atoms. The van der Waals surface area contributed by atoms with Crippen LogP contribution in [0.4, 0.5) is 34.1 Å². The molecule has 1 spiro atoms. The average molecular weight is 794 g/mol. The minimum Gasteiger partial charge on any atom is -0.311 e. The van der Waals surface area contributed by atoms with E-state index in [1.165, 1.54) is 121 Å². The molecule has 8 aromatic carbocycles. The Kier molecular flexibility index (Phi) is 6.67. The summed E-state index contributed by atoms with van der Waals surface area (Å²) in [5, 5.41) is 2.54. The van der Waals surface area contributed by atoms with E-state index in [2.05, 4.69) is 196 Å². The molecule has 4 bridgehead atoms. The summed E-state index contributed by atoms with van der Waals surface area (Å²) in [7, 11) is 0. The highest BCUT2D eigenvalue weighted by Crippen LogP contribution is 2.69. The fraction of sp³-hybridized carbons (Fsp3) is 0.172. The third-order valence-electron chi connectivity index (χ3n) is 16.5. The van der Waals surface area contributed by atoms with Crippen molar-refractivity contribution < 1.29 is 0 Å². The van der Waals surface area contributed by atoms with E-state index in [1.807, 2.05) is 0 Å². The molecule has 294 valence electrons. The molecule has 0 atom stereocenters. The summed E-state index contributed by atoms with van der Waals surface area (Å²) in [6.07, 6.45) is 7.01. The van der Waals surface area contributed by atoms with Crippen LogP contribution in [-0.2, 0) is 5.41 Å². The van der Waals surface area contributed by atoms with Gasteiger partial charge in [0.2, 0.25) is 0 Å². The van der Waals surface area contributed by atoms with E-state index in [0.29, 0.717) is 11.8 Å². The van der Waals surface area contributed by atoms with Gasteiger partial charge in [0, 0.05) is 50.3 Å². The van der Waals surface area contributed by atoms with Gasteiger partial charge in [0.15, 0.2) is 0 Å². The van der Waals surface area contributed by atoms with Crippen molar-refractivity contribution in [2.45, 2.75) is 37.5 Å². The van der Waals surface area contributed by atoms with E-state index in [-0.39, 0.29) is 12.1 Å². The van der Waals surface area contributed by atoms with Crippen molar-refractivity contribution in [1.29, 1.82) is 0 Å². The minimum absolute atomic E-state index is 0.0844. The number of nitrogens with zero attached hydrogens (tertiary/aromatic N) is 3. The lowest BCUT2D eigenvalue weighted by atomic mass is 9.32. The Hall–Kier alpha value is -6.78. The van der Waals surface area contributed by atoms with Gasteiger partial charge >= 0.3 is 0 Å². The van der Waals surface area contributed by atoms with Gasteiger partial charge in [-0.15, -0.1) is 0 Å². The van der Waals surface area contributed by atoms with Gasteiger partial charge in [-0.25, -0.2) is 0 Å². The number of fused-ring (bicyclic) bond motifs is 9. The average Bonchev–Trinajstić information content (AvgIpc) is 3.66. The summed E-state index contributed by atoms with van der Waals surface area (Å²) in [6, 6.07) is 69.3. The van der Waals surface area contributed by atoms with Crippen LogP contribution in [0.3, 0.4) is 0 Å². The fourth-order valence-electron chi connectivity index (χ4n) is 14.6. The molecule has 0 radical (unpaired) electrons. The highest BCUT2D eigenvalue weighted by atomic mass is 15.2. The smallest absolute Gasteiger partial charge is 0.252 e. The topological polar surface area (TPSA) is 11.4 Å². The zero-order valence-electron chi connectivity index (χ0n) is 34.6.